The maximum atomic E-state index is 9.40. The van der Waals surface area contributed by atoms with E-state index in [-0.39, 0.29) is 6.61 Å². The van der Waals surface area contributed by atoms with Crippen LogP contribution in [0.2, 0.25) is 0 Å². The first-order valence-electron chi connectivity index (χ1n) is 6.81. The van der Waals surface area contributed by atoms with Crippen LogP contribution in [-0.4, -0.2) is 30.0 Å². The van der Waals surface area contributed by atoms with E-state index in [2.05, 4.69) is 6.07 Å². The molecule has 1 fully saturated rings. The largest absolute Gasteiger partial charge is 0.496 e. The Morgan fingerprint density at radius 1 is 1.20 bits per heavy atom. The van der Waals surface area contributed by atoms with Crippen LogP contribution in [0, 0.1) is 11.3 Å². The molecular formula is C15H20BNO3. The van der Waals surface area contributed by atoms with Gasteiger partial charge in [-0.3, -0.25) is 0 Å². The molecule has 5 heteroatoms. The molecule has 20 heavy (non-hydrogen) atoms. The van der Waals surface area contributed by atoms with Crippen molar-refractivity contribution >= 4 is 12.6 Å². The molecule has 0 bridgehead atoms. The maximum absolute atomic E-state index is 9.40. The lowest BCUT2D eigenvalue weighted by Gasteiger charge is -2.32. The number of hydrogen-bond donors (Lipinski definition) is 1. The van der Waals surface area contributed by atoms with E-state index in [1.54, 1.807) is 0 Å². The smallest absolute Gasteiger partial charge is 0.399 e. The third kappa shape index (κ3) is 2.47. The third-order valence-electron chi connectivity index (χ3n) is 4.18. The molecule has 0 radical (unpaired) electrons. The normalized spacial score (nSPS) is 19.9. The molecule has 0 aliphatic carbocycles. The van der Waals surface area contributed by atoms with Crippen molar-refractivity contribution in [1.29, 1.82) is 5.26 Å². The zero-order valence-corrected chi connectivity index (χ0v) is 12.4. The molecule has 0 saturated carbocycles. The summed E-state index contributed by atoms with van der Waals surface area (Å²) in [5, 5.41) is 18.5. The number of aliphatic hydroxyl groups is 1. The van der Waals surface area contributed by atoms with E-state index in [0.29, 0.717) is 12.0 Å². The Bertz CT molecular complexity index is 533. The number of rotatable bonds is 3. The van der Waals surface area contributed by atoms with Crippen LogP contribution in [0.5, 0.6) is 0 Å². The number of nitrogens with zero attached hydrogens (tertiary/aromatic N) is 1. The summed E-state index contributed by atoms with van der Waals surface area (Å²) in [5.41, 5.74) is 1.23. The highest BCUT2D eigenvalue weighted by atomic mass is 16.7. The number of benzene rings is 1. The zero-order chi connectivity index (χ0) is 15.0. The van der Waals surface area contributed by atoms with Gasteiger partial charge in [-0.1, -0.05) is 18.2 Å². The summed E-state index contributed by atoms with van der Waals surface area (Å²) in [4.78, 5) is 0. The number of nitriles is 1. The number of aliphatic hydroxyl groups excluding tert-OH is 1. The minimum Gasteiger partial charge on any atom is -0.399 e. The van der Waals surface area contributed by atoms with Gasteiger partial charge in [0.15, 0.2) is 0 Å². The molecule has 2 rings (SSSR count). The summed E-state index contributed by atoms with van der Waals surface area (Å²) in [6.07, 6.45) is 0.455. The second-order valence-corrected chi connectivity index (χ2v) is 6.06. The van der Waals surface area contributed by atoms with Gasteiger partial charge in [-0.15, -0.1) is 0 Å². The highest BCUT2D eigenvalue weighted by Gasteiger charge is 2.52. The molecule has 0 amide bonds. The van der Waals surface area contributed by atoms with Gasteiger partial charge in [0, 0.05) is 12.1 Å². The summed E-state index contributed by atoms with van der Waals surface area (Å²) in [6.45, 7) is 7.95. The van der Waals surface area contributed by atoms with E-state index in [9.17, 15) is 5.26 Å². The van der Waals surface area contributed by atoms with E-state index in [1.165, 1.54) is 0 Å². The first-order chi connectivity index (χ1) is 9.32. The minimum absolute atomic E-state index is 0.0154. The van der Waals surface area contributed by atoms with Gasteiger partial charge in [0.2, 0.25) is 0 Å². The average Bonchev–Trinajstić information content (AvgIpc) is 2.58. The first kappa shape index (κ1) is 15.1. The summed E-state index contributed by atoms with van der Waals surface area (Å²) >= 11 is 0. The van der Waals surface area contributed by atoms with Crippen molar-refractivity contribution in [3.05, 3.63) is 29.3 Å². The summed E-state index contributed by atoms with van der Waals surface area (Å²) < 4.78 is 12.0. The van der Waals surface area contributed by atoms with Gasteiger partial charge in [-0.2, -0.15) is 5.26 Å². The van der Waals surface area contributed by atoms with E-state index in [4.69, 9.17) is 14.4 Å². The Kier molecular flexibility index (Phi) is 3.92. The Hall–Kier alpha value is -1.35. The van der Waals surface area contributed by atoms with Crippen LogP contribution in [0.25, 0.3) is 0 Å². The van der Waals surface area contributed by atoms with Gasteiger partial charge in [0.05, 0.1) is 22.8 Å². The van der Waals surface area contributed by atoms with Crippen LogP contribution < -0.4 is 5.46 Å². The summed E-state index contributed by atoms with van der Waals surface area (Å²) in [5.74, 6) is 0. The fourth-order valence-electron chi connectivity index (χ4n) is 2.25. The quantitative estimate of drug-likeness (QED) is 0.845. The Morgan fingerprint density at radius 2 is 1.80 bits per heavy atom. The SMILES string of the molecule is CC1(C)OB(c2cccc(CCO)c2C#N)OC1(C)C. The van der Waals surface area contributed by atoms with Crippen LogP contribution in [-0.2, 0) is 15.7 Å². The monoisotopic (exact) mass is 273 g/mol. The van der Waals surface area contributed by atoms with Gasteiger partial charge < -0.3 is 14.4 Å². The van der Waals surface area contributed by atoms with Gasteiger partial charge in [0.1, 0.15) is 0 Å². The number of hydrogen-bond acceptors (Lipinski definition) is 4. The molecule has 0 spiro atoms. The molecule has 1 aromatic rings. The highest BCUT2D eigenvalue weighted by Crippen LogP contribution is 2.36. The lowest BCUT2D eigenvalue weighted by molar-refractivity contribution is 0.00578. The second kappa shape index (κ2) is 5.21. The van der Waals surface area contributed by atoms with Crippen LogP contribution in [0.4, 0.5) is 0 Å². The van der Waals surface area contributed by atoms with Gasteiger partial charge >= 0.3 is 7.12 Å². The lowest BCUT2D eigenvalue weighted by atomic mass is 9.74. The molecule has 1 aromatic carbocycles. The predicted molar refractivity (Wildman–Crippen MR) is 77.7 cm³/mol. The lowest BCUT2D eigenvalue weighted by Crippen LogP contribution is -2.41. The van der Waals surface area contributed by atoms with Crippen molar-refractivity contribution < 1.29 is 14.4 Å². The Labute approximate surface area is 120 Å². The fourth-order valence-corrected chi connectivity index (χ4v) is 2.25. The van der Waals surface area contributed by atoms with Crippen LogP contribution in [0.3, 0.4) is 0 Å². The van der Waals surface area contributed by atoms with Gasteiger partial charge in [0.25, 0.3) is 0 Å². The Morgan fingerprint density at radius 3 is 2.30 bits per heavy atom. The van der Waals surface area contributed by atoms with Crippen molar-refractivity contribution in [2.75, 3.05) is 6.61 Å². The van der Waals surface area contributed by atoms with Crippen LogP contribution >= 0.6 is 0 Å². The predicted octanol–water partition coefficient (Wildman–Crippen LogP) is 1.39. The second-order valence-electron chi connectivity index (χ2n) is 6.06. The highest BCUT2D eigenvalue weighted by molar-refractivity contribution is 6.62. The molecule has 4 nitrogen and oxygen atoms in total. The van der Waals surface area contributed by atoms with Crippen molar-refractivity contribution in [1.82, 2.24) is 0 Å². The van der Waals surface area contributed by atoms with E-state index < -0.39 is 18.3 Å². The Balaban J connectivity index is 2.41. The summed E-state index contributed by atoms with van der Waals surface area (Å²) in [6, 6.07) is 7.78. The van der Waals surface area contributed by atoms with Gasteiger partial charge in [-0.25, -0.2) is 0 Å². The topological polar surface area (TPSA) is 62.5 Å². The summed E-state index contributed by atoms with van der Waals surface area (Å²) in [7, 11) is -0.548. The molecule has 0 unspecified atom stereocenters. The minimum atomic E-state index is -0.548. The molecular weight excluding hydrogens is 253 g/mol. The molecule has 0 aromatic heterocycles. The average molecular weight is 273 g/mol. The molecule has 106 valence electrons. The van der Waals surface area contributed by atoms with E-state index in [0.717, 1.165) is 11.0 Å². The van der Waals surface area contributed by atoms with Gasteiger partial charge in [-0.05, 0) is 39.7 Å². The fraction of sp³-hybridized carbons (Fsp3) is 0.533. The van der Waals surface area contributed by atoms with Crippen molar-refractivity contribution in [3.63, 3.8) is 0 Å². The van der Waals surface area contributed by atoms with Crippen molar-refractivity contribution in [2.45, 2.75) is 45.3 Å². The molecule has 1 saturated heterocycles. The molecule has 1 aliphatic rings. The third-order valence-corrected chi connectivity index (χ3v) is 4.18. The van der Waals surface area contributed by atoms with Crippen molar-refractivity contribution in [3.8, 4) is 6.07 Å². The molecule has 0 atom stereocenters. The standard InChI is InChI=1S/C15H20BNO3/c1-14(2)15(3,4)20-16(19-14)13-7-5-6-11(8-9-18)12(13)10-17/h5-7,18H,8-9H2,1-4H3. The van der Waals surface area contributed by atoms with E-state index >= 15 is 0 Å². The van der Waals surface area contributed by atoms with E-state index in [1.807, 2.05) is 45.9 Å². The maximum Gasteiger partial charge on any atom is 0.496 e. The van der Waals surface area contributed by atoms with Crippen LogP contribution in [0.15, 0.2) is 18.2 Å². The van der Waals surface area contributed by atoms with Crippen molar-refractivity contribution in [2.24, 2.45) is 0 Å². The zero-order valence-electron chi connectivity index (χ0n) is 12.4. The first-order valence-corrected chi connectivity index (χ1v) is 6.81. The molecule has 1 aliphatic heterocycles. The molecule has 1 N–H and O–H groups in total. The molecule has 1 heterocycles. The van der Waals surface area contributed by atoms with Crippen LogP contribution in [0.1, 0.15) is 38.8 Å².